The van der Waals surface area contributed by atoms with Crippen LogP contribution in [0.1, 0.15) is 24.8 Å². The molecule has 0 saturated carbocycles. The van der Waals surface area contributed by atoms with Crippen LogP contribution in [-0.4, -0.2) is 61.1 Å². The van der Waals surface area contributed by atoms with E-state index in [-0.39, 0.29) is 0 Å². The summed E-state index contributed by atoms with van der Waals surface area (Å²) in [6.45, 7) is 3.53. The van der Waals surface area contributed by atoms with Gasteiger partial charge in [0.15, 0.2) is 5.79 Å². The van der Waals surface area contributed by atoms with Crippen LogP contribution in [0.4, 0.5) is 5.69 Å². The number of nitrogens with zero attached hydrogens (tertiary/aromatic N) is 3. The number of aromatic nitrogens is 1. The predicted octanol–water partition coefficient (Wildman–Crippen LogP) is 1.97. The lowest BCUT2D eigenvalue weighted by atomic mass is 10.0. The maximum Gasteiger partial charge on any atom is 0.168 e. The molecule has 0 spiro atoms. The number of likely N-dealkylation sites (tertiary alicyclic amines) is 1. The molecule has 2 fully saturated rings. The molecule has 2 saturated heterocycles. The molecule has 0 aliphatic carbocycles. The van der Waals surface area contributed by atoms with Crippen LogP contribution in [0, 0.1) is 17.8 Å². The van der Waals surface area contributed by atoms with E-state index in [4.69, 9.17) is 16.3 Å². The summed E-state index contributed by atoms with van der Waals surface area (Å²) in [5, 5.41) is 10.7. The molecule has 0 amide bonds. The Bertz CT molecular complexity index is 647. The van der Waals surface area contributed by atoms with Gasteiger partial charge in [0, 0.05) is 57.8 Å². The molecular formula is C18H24ClN3O2. The standard InChI is InChI=1S/C18H24ClN3O2/c1-21-8-5-14(13-21)3-4-15-12-20-17(19)11-16(15)22-9-6-18(23,24-2)7-10-22/h11-12,14,23H,5-10,13H2,1-2H3. The van der Waals surface area contributed by atoms with Gasteiger partial charge in [-0.05, 0) is 20.0 Å². The first kappa shape index (κ1) is 17.5. The number of methoxy groups -OCH3 is 1. The van der Waals surface area contributed by atoms with Gasteiger partial charge in [-0.2, -0.15) is 0 Å². The van der Waals surface area contributed by atoms with Gasteiger partial charge in [0.2, 0.25) is 0 Å². The third-order valence-corrected chi connectivity index (χ3v) is 5.12. The van der Waals surface area contributed by atoms with Gasteiger partial charge in [0.1, 0.15) is 5.15 Å². The van der Waals surface area contributed by atoms with Crippen molar-refractivity contribution in [2.45, 2.75) is 25.0 Å². The lowest BCUT2D eigenvalue weighted by Crippen LogP contribution is -2.45. The molecule has 0 bridgehead atoms. The van der Waals surface area contributed by atoms with Crippen molar-refractivity contribution in [3.63, 3.8) is 0 Å². The van der Waals surface area contributed by atoms with E-state index in [2.05, 4.69) is 33.7 Å². The highest BCUT2D eigenvalue weighted by Gasteiger charge is 2.32. The lowest BCUT2D eigenvalue weighted by molar-refractivity contribution is -0.196. The van der Waals surface area contributed by atoms with E-state index in [1.54, 1.807) is 13.3 Å². The second-order valence-corrected chi connectivity index (χ2v) is 7.07. The van der Waals surface area contributed by atoms with Crippen LogP contribution in [0.5, 0.6) is 0 Å². The Morgan fingerprint density at radius 1 is 1.38 bits per heavy atom. The first-order chi connectivity index (χ1) is 11.5. The molecule has 5 nitrogen and oxygen atoms in total. The Morgan fingerprint density at radius 2 is 2.12 bits per heavy atom. The average Bonchev–Trinajstić information content (AvgIpc) is 3.00. The normalized spacial score (nSPS) is 23.8. The SMILES string of the molecule is COC1(O)CCN(c2cc(Cl)ncc2C#CC2CCN(C)C2)CC1. The summed E-state index contributed by atoms with van der Waals surface area (Å²) in [6.07, 6.45) is 3.98. The van der Waals surface area contributed by atoms with E-state index in [9.17, 15) is 5.11 Å². The molecule has 24 heavy (non-hydrogen) atoms. The maximum atomic E-state index is 10.2. The van der Waals surface area contributed by atoms with E-state index in [1.165, 1.54) is 0 Å². The van der Waals surface area contributed by atoms with Gasteiger partial charge >= 0.3 is 0 Å². The smallest absolute Gasteiger partial charge is 0.168 e. The van der Waals surface area contributed by atoms with Crippen molar-refractivity contribution in [1.82, 2.24) is 9.88 Å². The molecule has 1 aromatic heterocycles. The number of aliphatic hydroxyl groups is 1. The fraction of sp³-hybridized carbons (Fsp3) is 0.611. The third-order valence-electron chi connectivity index (χ3n) is 4.92. The van der Waals surface area contributed by atoms with Crippen molar-refractivity contribution in [3.05, 3.63) is 23.0 Å². The van der Waals surface area contributed by atoms with Gasteiger partial charge in [-0.1, -0.05) is 23.4 Å². The Balaban J connectivity index is 1.78. The molecule has 1 unspecified atom stereocenters. The van der Waals surface area contributed by atoms with Crippen LogP contribution in [0.3, 0.4) is 0 Å². The number of hydrogen-bond acceptors (Lipinski definition) is 5. The summed E-state index contributed by atoms with van der Waals surface area (Å²) < 4.78 is 5.20. The molecule has 2 aliphatic rings. The highest BCUT2D eigenvalue weighted by atomic mass is 35.5. The lowest BCUT2D eigenvalue weighted by Gasteiger charge is -2.38. The Hall–Kier alpha value is -1.32. The molecule has 0 aromatic carbocycles. The molecule has 6 heteroatoms. The number of pyridine rings is 1. The topological polar surface area (TPSA) is 48.8 Å². The summed E-state index contributed by atoms with van der Waals surface area (Å²) >= 11 is 6.10. The Labute approximate surface area is 148 Å². The number of anilines is 1. The minimum absolute atomic E-state index is 0.415. The highest BCUT2D eigenvalue weighted by molar-refractivity contribution is 6.29. The fourth-order valence-corrected chi connectivity index (χ4v) is 3.46. The summed E-state index contributed by atoms with van der Waals surface area (Å²) in [7, 11) is 3.68. The van der Waals surface area contributed by atoms with Crippen LogP contribution in [0.25, 0.3) is 0 Å². The van der Waals surface area contributed by atoms with Crippen LogP contribution >= 0.6 is 11.6 Å². The number of halogens is 1. The third kappa shape index (κ3) is 4.01. The molecule has 3 rings (SSSR count). The number of hydrogen-bond donors (Lipinski definition) is 1. The highest BCUT2D eigenvalue weighted by Crippen LogP contribution is 2.30. The summed E-state index contributed by atoms with van der Waals surface area (Å²) in [5.74, 6) is 6.08. The molecule has 1 N–H and O–H groups in total. The van der Waals surface area contributed by atoms with E-state index < -0.39 is 5.79 Å². The monoisotopic (exact) mass is 349 g/mol. The fourth-order valence-electron chi connectivity index (χ4n) is 3.31. The van der Waals surface area contributed by atoms with Gasteiger partial charge in [-0.3, -0.25) is 0 Å². The van der Waals surface area contributed by atoms with Gasteiger partial charge in [-0.25, -0.2) is 4.98 Å². The van der Waals surface area contributed by atoms with Gasteiger partial charge in [0.05, 0.1) is 11.3 Å². The van der Waals surface area contributed by atoms with Crippen molar-refractivity contribution in [2.75, 3.05) is 45.2 Å². The van der Waals surface area contributed by atoms with Crippen LogP contribution in [-0.2, 0) is 4.74 Å². The van der Waals surface area contributed by atoms with Crippen molar-refractivity contribution in [1.29, 1.82) is 0 Å². The Morgan fingerprint density at radius 3 is 2.75 bits per heavy atom. The molecule has 1 aromatic rings. The molecule has 2 aliphatic heterocycles. The molecular weight excluding hydrogens is 326 g/mol. The zero-order valence-corrected chi connectivity index (χ0v) is 15.0. The summed E-state index contributed by atoms with van der Waals surface area (Å²) in [4.78, 5) is 8.69. The van der Waals surface area contributed by atoms with E-state index in [0.29, 0.717) is 37.0 Å². The first-order valence-electron chi connectivity index (χ1n) is 8.37. The largest absolute Gasteiger partial charge is 0.370 e. The van der Waals surface area contributed by atoms with Crippen LogP contribution in [0.2, 0.25) is 5.15 Å². The van der Waals surface area contributed by atoms with Crippen molar-refractivity contribution in [3.8, 4) is 11.8 Å². The number of rotatable bonds is 2. The van der Waals surface area contributed by atoms with Crippen molar-refractivity contribution >= 4 is 17.3 Å². The average molecular weight is 350 g/mol. The van der Waals surface area contributed by atoms with Crippen molar-refractivity contribution in [2.24, 2.45) is 5.92 Å². The number of piperidine rings is 1. The second kappa shape index (κ2) is 7.28. The zero-order valence-electron chi connectivity index (χ0n) is 14.3. The van der Waals surface area contributed by atoms with Crippen LogP contribution < -0.4 is 4.90 Å². The van der Waals surface area contributed by atoms with Crippen LogP contribution in [0.15, 0.2) is 12.3 Å². The molecule has 1 atom stereocenters. The number of ether oxygens (including phenoxy) is 1. The second-order valence-electron chi connectivity index (χ2n) is 6.68. The van der Waals surface area contributed by atoms with E-state index in [1.807, 2.05) is 6.07 Å². The molecule has 130 valence electrons. The van der Waals surface area contributed by atoms with Gasteiger partial charge in [-0.15, -0.1) is 0 Å². The molecule has 0 radical (unpaired) electrons. The van der Waals surface area contributed by atoms with Crippen molar-refractivity contribution < 1.29 is 9.84 Å². The predicted molar refractivity (Wildman–Crippen MR) is 95.1 cm³/mol. The zero-order chi connectivity index (χ0) is 17.2. The summed E-state index contributed by atoms with van der Waals surface area (Å²) in [5.41, 5.74) is 1.89. The minimum atomic E-state index is -1.02. The summed E-state index contributed by atoms with van der Waals surface area (Å²) in [6, 6.07) is 1.86. The van der Waals surface area contributed by atoms with E-state index >= 15 is 0 Å². The molecule has 3 heterocycles. The van der Waals surface area contributed by atoms with Gasteiger partial charge < -0.3 is 19.6 Å². The minimum Gasteiger partial charge on any atom is -0.370 e. The maximum absolute atomic E-state index is 10.2. The quantitative estimate of drug-likeness (QED) is 0.502. The van der Waals surface area contributed by atoms with Gasteiger partial charge in [0.25, 0.3) is 0 Å². The Kier molecular flexibility index (Phi) is 5.31. The first-order valence-corrected chi connectivity index (χ1v) is 8.75. The van der Waals surface area contributed by atoms with E-state index in [0.717, 1.165) is 30.8 Å².